The summed E-state index contributed by atoms with van der Waals surface area (Å²) in [6.07, 6.45) is 2.63. The van der Waals surface area contributed by atoms with Crippen LogP contribution in [0.4, 0.5) is 5.69 Å². The highest BCUT2D eigenvalue weighted by Gasteiger charge is 2.55. The molecule has 2 fully saturated rings. The van der Waals surface area contributed by atoms with Crippen molar-refractivity contribution in [3.63, 3.8) is 0 Å². The van der Waals surface area contributed by atoms with Crippen molar-refractivity contribution in [1.82, 2.24) is 4.98 Å². The van der Waals surface area contributed by atoms with Crippen LogP contribution in [0.5, 0.6) is 0 Å². The molecule has 0 spiro atoms. The maximum atomic E-state index is 6.11. The summed E-state index contributed by atoms with van der Waals surface area (Å²) in [5, 5.41) is 0. The van der Waals surface area contributed by atoms with Crippen molar-refractivity contribution in [2.75, 3.05) is 5.73 Å². The van der Waals surface area contributed by atoms with Crippen LogP contribution < -0.4 is 5.73 Å². The zero-order chi connectivity index (χ0) is 13.8. The predicted molar refractivity (Wildman–Crippen MR) is 71.7 cm³/mol. The number of aryl methyl sites for hydroxylation is 1. The summed E-state index contributed by atoms with van der Waals surface area (Å²) >= 11 is 0. The van der Waals surface area contributed by atoms with Gasteiger partial charge < -0.3 is 24.9 Å². The number of nitrogens with two attached hydrogens (primary N) is 1. The Morgan fingerprint density at radius 3 is 2.58 bits per heavy atom. The van der Waals surface area contributed by atoms with Gasteiger partial charge in [-0.3, -0.25) is 0 Å². The van der Waals surface area contributed by atoms with E-state index in [1.54, 1.807) is 0 Å². The van der Waals surface area contributed by atoms with Gasteiger partial charge in [0, 0.05) is 17.5 Å². The van der Waals surface area contributed by atoms with Crippen molar-refractivity contribution in [3.05, 3.63) is 17.5 Å². The molecule has 3 N–H and O–H groups in total. The number of hydrogen-bond donors (Lipinski definition) is 2. The number of hydrogen-bond acceptors (Lipinski definition) is 4. The number of fused-ring (bicyclic) bond motifs is 1. The second kappa shape index (κ2) is 4.23. The van der Waals surface area contributed by atoms with E-state index in [-0.39, 0.29) is 24.4 Å². The largest absolute Gasteiger partial charge is 0.397 e. The molecular formula is C14H22N2O3. The van der Waals surface area contributed by atoms with Gasteiger partial charge in [0.15, 0.2) is 5.79 Å². The number of nitrogen functional groups attached to an aromatic ring is 1. The minimum atomic E-state index is -0.551. The van der Waals surface area contributed by atoms with Gasteiger partial charge in [-0.1, -0.05) is 6.92 Å². The zero-order valence-electron chi connectivity index (χ0n) is 11.9. The van der Waals surface area contributed by atoms with Crippen LogP contribution in [-0.4, -0.2) is 29.1 Å². The summed E-state index contributed by atoms with van der Waals surface area (Å²) in [5.41, 5.74) is 8.81. The van der Waals surface area contributed by atoms with Gasteiger partial charge in [-0.15, -0.1) is 0 Å². The van der Waals surface area contributed by atoms with Gasteiger partial charge in [-0.05, 0) is 27.2 Å². The summed E-state index contributed by atoms with van der Waals surface area (Å²) in [4.78, 5) is 3.15. The Balaban J connectivity index is 1.93. The van der Waals surface area contributed by atoms with Crippen LogP contribution in [0.15, 0.2) is 6.20 Å². The van der Waals surface area contributed by atoms with E-state index in [0.29, 0.717) is 0 Å². The van der Waals surface area contributed by atoms with Crippen LogP contribution in [0.1, 0.15) is 44.6 Å². The molecule has 4 unspecified atom stereocenters. The second-order valence-corrected chi connectivity index (χ2v) is 5.85. The third kappa shape index (κ3) is 1.96. The Labute approximate surface area is 113 Å². The van der Waals surface area contributed by atoms with Crippen molar-refractivity contribution in [2.45, 2.75) is 64.3 Å². The molecule has 106 valence electrons. The average Bonchev–Trinajstić information content (AvgIpc) is 2.93. The minimum Gasteiger partial charge on any atom is -0.397 e. The van der Waals surface area contributed by atoms with Gasteiger partial charge in [0.05, 0.1) is 11.8 Å². The highest BCUT2D eigenvalue weighted by Crippen LogP contribution is 2.47. The molecule has 2 saturated heterocycles. The van der Waals surface area contributed by atoms with Crippen LogP contribution in [0.3, 0.4) is 0 Å². The van der Waals surface area contributed by atoms with E-state index in [1.807, 2.05) is 27.0 Å². The summed E-state index contributed by atoms with van der Waals surface area (Å²) in [7, 11) is 0. The smallest absolute Gasteiger partial charge is 0.164 e. The number of aromatic nitrogens is 1. The Hall–Kier alpha value is -1.04. The Morgan fingerprint density at radius 1 is 1.32 bits per heavy atom. The lowest BCUT2D eigenvalue weighted by molar-refractivity contribution is -0.187. The van der Waals surface area contributed by atoms with Gasteiger partial charge in [0.2, 0.25) is 0 Å². The standard InChI is InChI=1S/C14H22N2O3/c1-5-9-12-13(19-14(3,4)18-12)11(17-9)8-6-16-7(2)10(8)15/h6,9,11-13,16H,5,15H2,1-4H3. The fraction of sp³-hybridized carbons (Fsp3) is 0.714. The molecule has 19 heavy (non-hydrogen) atoms. The van der Waals surface area contributed by atoms with Crippen LogP contribution in [0.2, 0.25) is 0 Å². The third-order valence-electron chi connectivity index (χ3n) is 4.02. The van der Waals surface area contributed by atoms with E-state index in [4.69, 9.17) is 19.9 Å². The second-order valence-electron chi connectivity index (χ2n) is 5.85. The monoisotopic (exact) mass is 266 g/mol. The number of H-pyrrole nitrogens is 1. The molecule has 0 saturated carbocycles. The zero-order valence-corrected chi connectivity index (χ0v) is 11.9. The molecule has 5 heteroatoms. The quantitative estimate of drug-likeness (QED) is 0.861. The lowest BCUT2D eigenvalue weighted by atomic mass is 10.0. The van der Waals surface area contributed by atoms with Crippen LogP contribution in [0, 0.1) is 6.92 Å². The fourth-order valence-corrected chi connectivity index (χ4v) is 3.05. The first-order valence-corrected chi connectivity index (χ1v) is 6.87. The van der Waals surface area contributed by atoms with E-state index < -0.39 is 5.79 Å². The normalized spacial score (nSPS) is 36.6. The Kier molecular flexibility index (Phi) is 2.89. The van der Waals surface area contributed by atoms with Crippen molar-refractivity contribution in [2.24, 2.45) is 0 Å². The summed E-state index contributed by atoms with van der Waals surface area (Å²) < 4.78 is 18.1. The van der Waals surface area contributed by atoms with Gasteiger partial charge >= 0.3 is 0 Å². The topological polar surface area (TPSA) is 69.5 Å². The Morgan fingerprint density at radius 2 is 2.00 bits per heavy atom. The van der Waals surface area contributed by atoms with Crippen molar-refractivity contribution < 1.29 is 14.2 Å². The molecule has 0 aliphatic carbocycles. The third-order valence-corrected chi connectivity index (χ3v) is 4.02. The maximum Gasteiger partial charge on any atom is 0.164 e. The predicted octanol–water partition coefficient (Wildman–Crippen LogP) is 2.28. The number of anilines is 1. The van der Waals surface area contributed by atoms with Gasteiger partial charge in [-0.2, -0.15) is 0 Å². The SMILES string of the molecule is CCC1OC(c2c[nH]c(C)c2N)C2OC(C)(C)OC12. The molecule has 2 aliphatic rings. The highest BCUT2D eigenvalue weighted by atomic mass is 16.8. The molecule has 1 aromatic rings. The molecule has 2 aliphatic heterocycles. The molecular weight excluding hydrogens is 244 g/mol. The molecule has 5 nitrogen and oxygen atoms in total. The average molecular weight is 266 g/mol. The van der Waals surface area contributed by atoms with E-state index in [0.717, 1.165) is 23.4 Å². The number of aromatic amines is 1. The Bertz CT molecular complexity index is 483. The summed E-state index contributed by atoms with van der Waals surface area (Å²) in [6, 6.07) is 0. The lowest BCUT2D eigenvalue weighted by Gasteiger charge is -2.23. The van der Waals surface area contributed by atoms with Crippen LogP contribution >= 0.6 is 0 Å². The molecule has 3 rings (SSSR count). The minimum absolute atomic E-state index is 0.0143. The summed E-state index contributed by atoms with van der Waals surface area (Å²) in [5.74, 6) is -0.551. The molecule has 0 radical (unpaired) electrons. The van der Waals surface area contributed by atoms with E-state index in [1.165, 1.54) is 0 Å². The molecule has 0 aromatic carbocycles. The van der Waals surface area contributed by atoms with Gasteiger partial charge in [0.25, 0.3) is 0 Å². The first kappa shape index (κ1) is 13.0. The van der Waals surface area contributed by atoms with Crippen molar-refractivity contribution >= 4 is 5.69 Å². The first-order chi connectivity index (χ1) is 8.93. The van der Waals surface area contributed by atoms with E-state index in [9.17, 15) is 0 Å². The molecule has 1 aromatic heterocycles. The molecule has 4 atom stereocenters. The highest BCUT2D eigenvalue weighted by molar-refractivity contribution is 5.52. The lowest BCUT2D eigenvalue weighted by Crippen LogP contribution is -2.28. The van der Waals surface area contributed by atoms with E-state index >= 15 is 0 Å². The fourth-order valence-electron chi connectivity index (χ4n) is 3.05. The number of rotatable bonds is 2. The van der Waals surface area contributed by atoms with Crippen molar-refractivity contribution in [3.8, 4) is 0 Å². The number of ether oxygens (including phenoxy) is 3. The van der Waals surface area contributed by atoms with Gasteiger partial charge in [-0.25, -0.2) is 0 Å². The van der Waals surface area contributed by atoms with Gasteiger partial charge in [0.1, 0.15) is 18.3 Å². The van der Waals surface area contributed by atoms with Crippen LogP contribution in [0.25, 0.3) is 0 Å². The molecule has 0 amide bonds. The molecule has 3 heterocycles. The number of nitrogens with one attached hydrogen (secondary N) is 1. The van der Waals surface area contributed by atoms with E-state index in [2.05, 4.69) is 11.9 Å². The van der Waals surface area contributed by atoms with Crippen LogP contribution in [-0.2, 0) is 14.2 Å². The molecule has 0 bridgehead atoms. The first-order valence-electron chi connectivity index (χ1n) is 6.87. The maximum absolute atomic E-state index is 6.11. The van der Waals surface area contributed by atoms with Crippen molar-refractivity contribution in [1.29, 1.82) is 0 Å². The summed E-state index contributed by atoms with van der Waals surface area (Å²) in [6.45, 7) is 7.95.